The number of rotatable bonds is 3. The van der Waals surface area contributed by atoms with E-state index >= 15 is 0 Å². The zero-order valence-electron chi connectivity index (χ0n) is 12.5. The summed E-state index contributed by atoms with van der Waals surface area (Å²) in [7, 11) is 0. The van der Waals surface area contributed by atoms with Gasteiger partial charge in [-0.1, -0.05) is 12.1 Å². The average molecular weight is 364 g/mol. The molecule has 0 amide bonds. The van der Waals surface area contributed by atoms with Crippen molar-refractivity contribution >= 4 is 27.4 Å². The molecule has 0 aliphatic carbocycles. The Labute approximate surface area is 138 Å². The van der Waals surface area contributed by atoms with Gasteiger partial charge in [-0.25, -0.2) is 9.37 Å². The van der Waals surface area contributed by atoms with Gasteiger partial charge in [-0.3, -0.25) is 0 Å². The van der Waals surface area contributed by atoms with Gasteiger partial charge in [0.2, 0.25) is 0 Å². The van der Waals surface area contributed by atoms with Crippen LogP contribution in [0, 0.1) is 12.7 Å². The number of anilines is 2. The maximum absolute atomic E-state index is 13.7. The quantitative estimate of drug-likeness (QED) is 0.877. The lowest BCUT2D eigenvalue weighted by Crippen LogP contribution is -2.39. The van der Waals surface area contributed by atoms with Crippen molar-refractivity contribution < 1.29 is 4.39 Å². The SMILES string of the molecule is Cc1cc(N2CCC(Nc3ccccc3F)CC2)ncc1Br. The second-order valence-electron chi connectivity index (χ2n) is 5.68. The normalized spacial score (nSPS) is 15.9. The van der Waals surface area contributed by atoms with E-state index in [4.69, 9.17) is 0 Å². The number of nitrogens with zero attached hydrogens (tertiary/aromatic N) is 2. The van der Waals surface area contributed by atoms with Crippen molar-refractivity contribution in [1.29, 1.82) is 0 Å². The molecule has 22 heavy (non-hydrogen) atoms. The zero-order chi connectivity index (χ0) is 15.5. The number of pyridine rings is 1. The van der Waals surface area contributed by atoms with E-state index in [2.05, 4.69) is 44.1 Å². The maximum atomic E-state index is 13.7. The number of hydrogen-bond acceptors (Lipinski definition) is 3. The predicted molar refractivity (Wildman–Crippen MR) is 91.9 cm³/mol. The molecule has 3 nitrogen and oxygen atoms in total. The van der Waals surface area contributed by atoms with Gasteiger partial charge in [0.15, 0.2) is 0 Å². The van der Waals surface area contributed by atoms with Crippen molar-refractivity contribution in [2.24, 2.45) is 0 Å². The molecule has 0 radical (unpaired) electrons. The van der Waals surface area contributed by atoms with Crippen LogP contribution in [0.1, 0.15) is 18.4 Å². The van der Waals surface area contributed by atoms with Crippen molar-refractivity contribution in [3.8, 4) is 0 Å². The minimum Gasteiger partial charge on any atom is -0.380 e. The fourth-order valence-corrected chi connectivity index (χ4v) is 2.97. The largest absolute Gasteiger partial charge is 0.380 e. The Hall–Kier alpha value is -1.62. The van der Waals surface area contributed by atoms with E-state index in [1.807, 2.05) is 12.3 Å². The number of para-hydroxylation sites is 1. The van der Waals surface area contributed by atoms with E-state index in [0.717, 1.165) is 36.2 Å². The number of hydrogen-bond donors (Lipinski definition) is 1. The summed E-state index contributed by atoms with van der Waals surface area (Å²) < 4.78 is 14.7. The van der Waals surface area contributed by atoms with Gasteiger partial charge < -0.3 is 10.2 Å². The first-order valence-corrected chi connectivity index (χ1v) is 8.31. The van der Waals surface area contributed by atoms with Gasteiger partial charge in [0.05, 0.1) is 5.69 Å². The van der Waals surface area contributed by atoms with Crippen LogP contribution in [0.2, 0.25) is 0 Å². The molecule has 2 aromatic rings. The highest BCUT2D eigenvalue weighted by Crippen LogP contribution is 2.24. The summed E-state index contributed by atoms with van der Waals surface area (Å²) in [4.78, 5) is 6.78. The Balaban J connectivity index is 1.60. The van der Waals surface area contributed by atoms with Crippen LogP contribution in [-0.4, -0.2) is 24.1 Å². The number of aromatic nitrogens is 1. The van der Waals surface area contributed by atoms with Gasteiger partial charge in [0.1, 0.15) is 11.6 Å². The second-order valence-corrected chi connectivity index (χ2v) is 6.53. The lowest BCUT2D eigenvalue weighted by atomic mass is 10.0. The molecular weight excluding hydrogens is 345 g/mol. The highest BCUT2D eigenvalue weighted by atomic mass is 79.9. The molecule has 0 saturated carbocycles. The monoisotopic (exact) mass is 363 g/mol. The Kier molecular flexibility index (Phi) is 4.62. The van der Waals surface area contributed by atoms with Gasteiger partial charge in [-0.2, -0.15) is 0 Å². The van der Waals surface area contributed by atoms with Gasteiger partial charge in [0, 0.05) is 29.8 Å². The van der Waals surface area contributed by atoms with Gasteiger partial charge in [0.25, 0.3) is 0 Å². The summed E-state index contributed by atoms with van der Waals surface area (Å²) >= 11 is 3.48. The standard InChI is InChI=1S/C17H19BrFN3/c1-12-10-17(20-11-14(12)18)22-8-6-13(7-9-22)21-16-5-3-2-4-15(16)19/h2-5,10-11,13,21H,6-9H2,1H3. The smallest absolute Gasteiger partial charge is 0.146 e. The molecule has 1 saturated heterocycles. The van der Waals surface area contributed by atoms with E-state index in [-0.39, 0.29) is 5.82 Å². The first kappa shape index (κ1) is 15.3. The molecule has 5 heteroatoms. The molecule has 1 N–H and O–H groups in total. The van der Waals surface area contributed by atoms with Crippen LogP contribution in [0.4, 0.5) is 15.9 Å². The van der Waals surface area contributed by atoms with Crippen molar-refractivity contribution in [2.75, 3.05) is 23.3 Å². The van der Waals surface area contributed by atoms with Crippen LogP contribution in [0.25, 0.3) is 0 Å². The summed E-state index contributed by atoms with van der Waals surface area (Å²) in [5.74, 6) is 0.833. The summed E-state index contributed by atoms with van der Waals surface area (Å²) in [5.41, 5.74) is 1.79. The Morgan fingerprint density at radius 1 is 1.27 bits per heavy atom. The molecular formula is C17H19BrFN3. The predicted octanol–water partition coefficient (Wildman–Crippen LogP) is 4.37. The van der Waals surface area contributed by atoms with Gasteiger partial charge in [-0.05, 0) is 59.5 Å². The number of benzene rings is 1. The zero-order valence-corrected chi connectivity index (χ0v) is 14.1. The van der Waals surface area contributed by atoms with Crippen molar-refractivity contribution in [3.05, 3.63) is 52.4 Å². The lowest BCUT2D eigenvalue weighted by molar-refractivity contribution is 0.519. The van der Waals surface area contributed by atoms with Crippen LogP contribution in [-0.2, 0) is 0 Å². The van der Waals surface area contributed by atoms with Crippen LogP contribution >= 0.6 is 15.9 Å². The molecule has 3 rings (SSSR count). The Morgan fingerprint density at radius 2 is 2.00 bits per heavy atom. The van der Waals surface area contributed by atoms with Crippen LogP contribution in [0.5, 0.6) is 0 Å². The number of halogens is 2. The molecule has 0 unspecified atom stereocenters. The molecule has 1 fully saturated rings. The third-order valence-corrected chi connectivity index (χ3v) is 4.92. The topological polar surface area (TPSA) is 28.2 Å². The van der Waals surface area contributed by atoms with Crippen LogP contribution < -0.4 is 10.2 Å². The average Bonchev–Trinajstić information content (AvgIpc) is 2.53. The summed E-state index contributed by atoms with van der Waals surface area (Å²) in [5, 5.41) is 3.31. The lowest BCUT2D eigenvalue weighted by Gasteiger charge is -2.33. The number of piperidine rings is 1. The summed E-state index contributed by atoms with van der Waals surface area (Å²) in [6.07, 6.45) is 3.81. The van der Waals surface area contributed by atoms with Gasteiger partial charge in [-0.15, -0.1) is 0 Å². The molecule has 1 aromatic carbocycles. The highest BCUT2D eigenvalue weighted by Gasteiger charge is 2.21. The van der Waals surface area contributed by atoms with Crippen LogP contribution in [0.15, 0.2) is 41.0 Å². The van der Waals surface area contributed by atoms with E-state index < -0.39 is 0 Å². The minimum absolute atomic E-state index is 0.185. The molecule has 0 spiro atoms. The molecule has 2 heterocycles. The van der Waals surface area contributed by atoms with Crippen LogP contribution in [0.3, 0.4) is 0 Å². The van der Waals surface area contributed by atoms with Crippen molar-refractivity contribution in [2.45, 2.75) is 25.8 Å². The van der Waals surface area contributed by atoms with E-state index in [1.165, 1.54) is 11.6 Å². The number of aryl methyl sites for hydroxylation is 1. The Morgan fingerprint density at radius 3 is 2.68 bits per heavy atom. The maximum Gasteiger partial charge on any atom is 0.146 e. The van der Waals surface area contributed by atoms with E-state index in [0.29, 0.717) is 11.7 Å². The van der Waals surface area contributed by atoms with E-state index in [1.54, 1.807) is 12.1 Å². The second kappa shape index (κ2) is 6.65. The fourth-order valence-electron chi connectivity index (χ4n) is 2.75. The number of nitrogens with one attached hydrogen (secondary N) is 1. The third-order valence-electron chi connectivity index (χ3n) is 4.08. The molecule has 0 atom stereocenters. The minimum atomic E-state index is -0.185. The van der Waals surface area contributed by atoms with Gasteiger partial charge >= 0.3 is 0 Å². The molecule has 0 bridgehead atoms. The van der Waals surface area contributed by atoms with E-state index in [9.17, 15) is 4.39 Å². The first-order valence-electron chi connectivity index (χ1n) is 7.51. The fraction of sp³-hybridized carbons (Fsp3) is 0.353. The molecule has 116 valence electrons. The summed E-state index contributed by atoms with van der Waals surface area (Å²) in [6.45, 7) is 3.93. The Bertz CT molecular complexity index is 654. The molecule has 1 aromatic heterocycles. The summed E-state index contributed by atoms with van der Waals surface area (Å²) in [6, 6.07) is 9.27. The molecule has 1 aliphatic heterocycles. The van der Waals surface area contributed by atoms with Crippen molar-refractivity contribution in [3.63, 3.8) is 0 Å². The van der Waals surface area contributed by atoms with Crippen molar-refractivity contribution in [1.82, 2.24) is 4.98 Å². The third kappa shape index (κ3) is 3.40. The molecule has 1 aliphatic rings. The highest BCUT2D eigenvalue weighted by molar-refractivity contribution is 9.10. The first-order chi connectivity index (χ1) is 10.6.